The summed E-state index contributed by atoms with van der Waals surface area (Å²) < 4.78 is 60.3. The molecule has 0 aliphatic carbocycles. The number of aromatic carboxylic acids is 1. The van der Waals surface area contributed by atoms with E-state index in [0.717, 1.165) is 5.56 Å². The summed E-state index contributed by atoms with van der Waals surface area (Å²) in [5, 5.41) is 11.1. The van der Waals surface area contributed by atoms with Crippen LogP contribution in [0.15, 0.2) is 48.5 Å². The predicted octanol–water partition coefficient (Wildman–Crippen LogP) is 5.43. The molecule has 0 atom stereocenters. The quantitative estimate of drug-likeness (QED) is 0.296. The number of carboxylic acid groups (broad SMARTS) is 1. The number of halogens is 5. The highest BCUT2D eigenvalue weighted by Gasteiger charge is 2.32. The van der Waals surface area contributed by atoms with E-state index >= 15 is 0 Å². The lowest BCUT2D eigenvalue weighted by molar-refractivity contribution is 0.0684. The molecule has 0 aromatic heterocycles. The van der Waals surface area contributed by atoms with E-state index in [9.17, 15) is 27.2 Å². The Morgan fingerprint density at radius 1 is 0.903 bits per heavy atom. The van der Waals surface area contributed by atoms with E-state index in [2.05, 4.69) is 5.32 Å². The number of rotatable bonds is 6. The number of ether oxygens (including phenoxy) is 1. The fraction of sp³-hybridized carbons (Fsp3) is 0.0476. The second kappa shape index (κ2) is 9.05. The van der Waals surface area contributed by atoms with Crippen molar-refractivity contribution in [3.8, 4) is 5.75 Å². The Balaban J connectivity index is 1.84. The lowest BCUT2D eigenvalue weighted by Crippen LogP contribution is -2.22. The van der Waals surface area contributed by atoms with E-state index in [4.69, 9.17) is 21.4 Å². The third-order valence-corrected chi connectivity index (χ3v) is 4.43. The third kappa shape index (κ3) is 4.61. The predicted molar refractivity (Wildman–Crippen MR) is 103 cm³/mol. The molecule has 0 heterocycles. The van der Waals surface area contributed by atoms with Crippen molar-refractivity contribution in [2.75, 3.05) is 5.32 Å². The van der Waals surface area contributed by atoms with Gasteiger partial charge in [0.15, 0.2) is 23.3 Å². The van der Waals surface area contributed by atoms with Gasteiger partial charge in [0.25, 0.3) is 5.91 Å². The van der Waals surface area contributed by atoms with Crippen LogP contribution < -0.4 is 10.1 Å². The molecule has 3 aromatic carbocycles. The molecule has 10 heteroatoms. The molecule has 0 aliphatic heterocycles. The average Bonchev–Trinajstić information content (AvgIpc) is 2.74. The van der Waals surface area contributed by atoms with Crippen LogP contribution in [0.25, 0.3) is 0 Å². The van der Waals surface area contributed by atoms with Gasteiger partial charge in [-0.3, -0.25) is 4.79 Å². The van der Waals surface area contributed by atoms with Gasteiger partial charge in [-0.2, -0.15) is 0 Å². The number of hydrogen-bond donors (Lipinski definition) is 2. The summed E-state index contributed by atoms with van der Waals surface area (Å²) in [5.41, 5.74) is -2.32. The molecule has 0 saturated carbocycles. The van der Waals surface area contributed by atoms with Gasteiger partial charge in [0.1, 0.15) is 17.9 Å². The highest BCUT2D eigenvalue weighted by atomic mass is 35.5. The minimum absolute atomic E-state index is 0.0455. The van der Waals surface area contributed by atoms with E-state index in [-0.39, 0.29) is 23.1 Å². The van der Waals surface area contributed by atoms with Gasteiger partial charge in [-0.25, -0.2) is 22.4 Å². The first-order chi connectivity index (χ1) is 14.7. The normalized spacial score (nSPS) is 10.6. The van der Waals surface area contributed by atoms with Crippen molar-refractivity contribution >= 4 is 29.2 Å². The van der Waals surface area contributed by atoms with Crippen LogP contribution in [0, 0.1) is 23.3 Å². The second-order valence-electron chi connectivity index (χ2n) is 6.18. The number of carbonyl (C=O) groups is 2. The topological polar surface area (TPSA) is 75.6 Å². The van der Waals surface area contributed by atoms with Crippen LogP contribution >= 0.6 is 11.6 Å². The number of anilines is 1. The summed E-state index contributed by atoms with van der Waals surface area (Å²) in [6.45, 7) is 0.202. The van der Waals surface area contributed by atoms with Crippen LogP contribution in [-0.2, 0) is 6.61 Å². The summed E-state index contributed by atoms with van der Waals surface area (Å²) in [6.07, 6.45) is 0. The molecule has 1 amide bonds. The molecule has 31 heavy (non-hydrogen) atoms. The van der Waals surface area contributed by atoms with E-state index in [0.29, 0.717) is 0 Å². The zero-order valence-corrected chi connectivity index (χ0v) is 16.1. The average molecular weight is 454 g/mol. The Hall–Kier alpha value is -3.59. The fourth-order valence-electron chi connectivity index (χ4n) is 2.67. The van der Waals surface area contributed by atoms with Crippen molar-refractivity contribution in [1.29, 1.82) is 0 Å². The molecular formula is C21H12ClF4NO4. The largest absolute Gasteiger partial charge is 0.487 e. The van der Waals surface area contributed by atoms with Crippen LogP contribution in [0.4, 0.5) is 23.2 Å². The van der Waals surface area contributed by atoms with Crippen LogP contribution in [-0.4, -0.2) is 17.0 Å². The molecule has 0 fully saturated rings. The van der Waals surface area contributed by atoms with Crippen molar-refractivity contribution in [1.82, 2.24) is 0 Å². The highest BCUT2D eigenvalue weighted by Crippen LogP contribution is 2.30. The van der Waals surface area contributed by atoms with Crippen molar-refractivity contribution in [2.45, 2.75) is 6.61 Å². The number of hydrogen-bond acceptors (Lipinski definition) is 3. The zero-order valence-electron chi connectivity index (χ0n) is 15.4. The van der Waals surface area contributed by atoms with Gasteiger partial charge < -0.3 is 15.2 Å². The first kappa shape index (κ1) is 22.1. The molecule has 0 radical (unpaired) electrons. The maximum absolute atomic E-state index is 14.1. The summed E-state index contributed by atoms with van der Waals surface area (Å²) in [7, 11) is 0. The molecule has 3 aromatic rings. The van der Waals surface area contributed by atoms with Gasteiger partial charge in [-0.05, 0) is 23.8 Å². The molecule has 5 nitrogen and oxygen atoms in total. The Labute approximate surface area is 177 Å². The molecule has 160 valence electrons. The van der Waals surface area contributed by atoms with Crippen molar-refractivity contribution < 1.29 is 37.0 Å². The second-order valence-corrected chi connectivity index (χ2v) is 6.59. The lowest BCUT2D eigenvalue weighted by atomic mass is 10.0. The van der Waals surface area contributed by atoms with E-state index < -0.39 is 46.3 Å². The monoisotopic (exact) mass is 453 g/mol. The van der Waals surface area contributed by atoms with Gasteiger partial charge in [0.2, 0.25) is 0 Å². The van der Waals surface area contributed by atoms with Crippen LogP contribution in [0.5, 0.6) is 5.75 Å². The Morgan fingerprint density at radius 3 is 2.10 bits per heavy atom. The number of nitrogens with one attached hydrogen (secondary N) is 1. The fourth-order valence-corrected chi connectivity index (χ4v) is 2.91. The minimum Gasteiger partial charge on any atom is -0.487 e. The van der Waals surface area contributed by atoms with Gasteiger partial charge in [-0.15, -0.1) is 0 Å². The first-order valence-electron chi connectivity index (χ1n) is 8.57. The smallest absolute Gasteiger partial charge is 0.339 e. The molecule has 0 unspecified atom stereocenters. The maximum atomic E-state index is 14.1. The standard InChI is InChI=1S/C21H12ClF4NO4/c22-12-8-11(6-7-13(12)31-9-10-4-2-1-3-5-10)27-20(28)14-15(21(29)30)17(24)19(26)18(25)16(14)23/h1-8H,9H2,(H,27,28)(H,29,30). The molecule has 0 saturated heterocycles. The molecule has 2 N–H and O–H groups in total. The van der Waals surface area contributed by atoms with Crippen LogP contribution in [0.2, 0.25) is 5.02 Å². The summed E-state index contributed by atoms with van der Waals surface area (Å²) in [6, 6.07) is 13.0. The Bertz CT molecular complexity index is 1170. The summed E-state index contributed by atoms with van der Waals surface area (Å²) in [4.78, 5) is 23.5. The molecular weight excluding hydrogens is 442 g/mol. The van der Waals surface area contributed by atoms with Crippen molar-refractivity contribution in [3.05, 3.63) is 93.5 Å². The highest BCUT2D eigenvalue weighted by molar-refractivity contribution is 6.32. The van der Waals surface area contributed by atoms with Gasteiger partial charge >= 0.3 is 5.97 Å². The molecule has 0 spiro atoms. The van der Waals surface area contributed by atoms with Crippen LogP contribution in [0.1, 0.15) is 26.3 Å². The van der Waals surface area contributed by atoms with Gasteiger partial charge in [-0.1, -0.05) is 41.9 Å². The summed E-state index contributed by atoms with van der Waals surface area (Å²) >= 11 is 6.10. The molecule has 0 aliphatic rings. The van der Waals surface area contributed by atoms with Gasteiger partial charge in [0, 0.05) is 5.69 Å². The van der Waals surface area contributed by atoms with Crippen molar-refractivity contribution in [2.24, 2.45) is 0 Å². The Kier molecular flexibility index (Phi) is 6.45. The summed E-state index contributed by atoms with van der Waals surface area (Å²) in [5.74, 6) is -12.4. The van der Waals surface area contributed by atoms with E-state index in [1.165, 1.54) is 18.2 Å². The number of carboxylic acids is 1. The number of carbonyl (C=O) groups excluding carboxylic acids is 1. The number of amides is 1. The van der Waals surface area contributed by atoms with Gasteiger partial charge in [0.05, 0.1) is 10.6 Å². The van der Waals surface area contributed by atoms with Crippen LogP contribution in [0.3, 0.4) is 0 Å². The van der Waals surface area contributed by atoms with Crippen molar-refractivity contribution in [3.63, 3.8) is 0 Å². The first-order valence-corrected chi connectivity index (χ1v) is 8.95. The lowest BCUT2D eigenvalue weighted by Gasteiger charge is -2.13. The zero-order chi connectivity index (χ0) is 22.7. The minimum atomic E-state index is -2.34. The number of benzene rings is 3. The third-order valence-electron chi connectivity index (χ3n) is 4.13. The Morgan fingerprint density at radius 2 is 1.52 bits per heavy atom. The van der Waals surface area contributed by atoms with E-state index in [1.54, 1.807) is 0 Å². The van der Waals surface area contributed by atoms with E-state index in [1.807, 2.05) is 30.3 Å². The maximum Gasteiger partial charge on any atom is 0.339 e. The molecule has 3 rings (SSSR count). The molecule has 0 bridgehead atoms. The SMILES string of the molecule is O=C(O)c1c(F)c(F)c(F)c(F)c1C(=O)Nc1ccc(OCc2ccccc2)c(Cl)c1.